The monoisotopic (exact) mass is 340 g/mol. The minimum atomic E-state index is -1.05. The molecule has 0 aliphatic heterocycles. The van der Waals surface area contributed by atoms with Gasteiger partial charge in [-0.3, -0.25) is 9.59 Å². The topological polar surface area (TPSA) is 70.5 Å². The summed E-state index contributed by atoms with van der Waals surface area (Å²) in [4.78, 5) is 28.9. The summed E-state index contributed by atoms with van der Waals surface area (Å²) in [6.07, 6.45) is 1.18. The number of aryl methyl sites for hydroxylation is 1. The number of thiazole rings is 1. The summed E-state index contributed by atoms with van der Waals surface area (Å²) in [5.74, 6) is -3.42. The van der Waals surface area contributed by atoms with Crippen LogP contribution in [0.15, 0.2) is 24.4 Å². The van der Waals surface area contributed by atoms with Crippen LogP contribution in [-0.4, -0.2) is 33.4 Å². The fourth-order valence-corrected chi connectivity index (χ4v) is 2.70. The summed E-state index contributed by atoms with van der Waals surface area (Å²) in [5, 5.41) is 9.52. The highest BCUT2D eigenvalue weighted by Crippen LogP contribution is 2.17. The highest BCUT2D eigenvalue weighted by Gasteiger charge is 2.19. The molecule has 0 unspecified atom stereocenters. The van der Waals surface area contributed by atoms with Crippen LogP contribution < -0.4 is 0 Å². The molecule has 2 rings (SSSR count). The number of carbonyl (C=O) groups is 2. The Bertz CT molecular complexity index is 733. The molecular formula is C15H14F2N2O3S. The second-order valence-electron chi connectivity index (χ2n) is 4.86. The Kier molecular flexibility index (Phi) is 5.38. The molecule has 0 bridgehead atoms. The summed E-state index contributed by atoms with van der Waals surface area (Å²) < 4.78 is 26.3. The fraction of sp³-hybridized carbons (Fsp3) is 0.267. The van der Waals surface area contributed by atoms with Crippen molar-refractivity contribution in [3.8, 4) is 0 Å². The SMILES string of the molecule is Cc1ncc(C(=O)N(CCC(=O)O)Cc2ccc(F)c(F)c2)s1. The third-order valence-corrected chi connectivity index (χ3v) is 3.97. The Labute approximate surface area is 135 Å². The molecule has 0 aliphatic carbocycles. The van der Waals surface area contributed by atoms with E-state index in [4.69, 9.17) is 5.11 Å². The van der Waals surface area contributed by atoms with Gasteiger partial charge in [0.15, 0.2) is 11.6 Å². The minimum Gasteiger partial charge on any atom is -0.481 e. The van der Waals surface area contributed by atoms with Crippen LogP contribution in [0.4, 0.5) is 8.78 Å². The van der Waals surface area contributed by atoms with Crippen LogP contribution in [0.3, 0.4) is 0 Å². The van der Waals surface area contributed by atoms with E-state index in [1.165, 1.54) is 28.5 Å². The fourth-order valence-electron chi connectivity index (χ4n) is 1.96. The zero-order valence-electron chi connectivity index (χ0n) is 12.3. The van der Waals surface area contributed by atoms with Crippen LogP contribution in [0.5, 0.6) is 0 Å². The maximum atomic E-state index is 13.3. The average molecular weight is 340 g/mol. The first-order chi connectivity index (χ1) is 10.9. The number of aromatic nitrogens is 1. The molecule has 0 aliphatic rings. The maximum Gasteiger partial charge on any atom is 0.305 e. The molecule has 8 heteroatoms. The lowest BCUT2D eigenvalue weighted by Gasteiger charge is -2.21. The first-order valence-electron chi connectivity index (χ1n) is 6.74. The molecule has 0 saturated carbocycles. The molecule has 0 radical (unpaired) electrons. The smallest absolute Gasteiger partial charge is 0.305 e. The molecule has 0 saturated heterocycles. The average Bonchev–Trinajstić information content (AvgIpc) is 2.92. The van der Waals surface area contributed by atoms with Gasteiger partial charge in [0.25, 0.3) is 5.91 Å². The number of rotatable bonds is 6. The molecule has 1 N–H and O–H groups in total. The van der Waals surface area contributed by atoms with E-state index in [-0.39, 0.29) is 25.4 Å². The highest BCUT2D eigenvalue weighted by atomic mass is 32.1. The minimum absolute atomic E-state index is 0.0136. The van der Waals surface area contributed by atoms with Gasteiger partial charge in [-0.05, 0) is 24.6 Å². The van der Waals surface area contributed by atoms with Crippen molar-refractivity contribution in [2.24, 2.45) is 0 Å². The predicted molar refractivity (Wildman–Crippen MR) is 80.2 cm³/mol. The molecular weight excluding hydrogens is 326 g/mol. The standard InChI is InChI=1S/C15H14F2N2O3S/c1-9-18-7-13(23-9)15(22)19(5-4-14(20)21)8-10-2-3-11(16)12(17)6-10/h2-3,6-7H,4-5,8H2,1H3,(H,20,21). The van der Waals surface area contributed by atoms with E-state index in [1.807, 2.05) is 0 Å². The molecule has 1 heterocycles. The Balaban J connectivity index is 2.20. The number of carbonyl (C=O) groups excluding carboxylic acids is 1. The van der Waals surface area contributed by atoms with Gasteiger partial charge < -0.3 is 10.0 Å². The van der Waals surface area contributed by atoms with E-state index in [0.717, 1.165) is 12.1 Å². The quantitative estimate of drug-likeness (QED) is 0.878. The Morgan fingerprint density at radius 1 is 1.30 bits per heavy atom. The lowest BCUT2D eigenvalue weighted by atomic mass is 10.2. The number of halogens is 2. The lowest BCUT2D eigenvalue weighted by Crippen LogP contribution is -2.32. The van der Waals surface area contributed by atoms with E-state index < -0.39 is 17.6 Å². The highest BCUT2D eigenvalue weighted by molar-refractivity contribution is 7.13. The second kappa shape index (κ2) is 7.28. The van der Waals surface area contributed by atoms with Crippen LogP contribution in [-0.2, 0) is 11.3 Å². The third-order valence-electron chi connectivity index (χ3n) is 3.07. The summed E-state index contributed by atoms with van der Waals surface area (Å²) >= 11 is 1.19. The van der Waals surface area contributed by atoms with Gasteiger partial charge in [0.05, 0.1) is 17.6 Å². The van der Waals surface area contributed by atoms with Crippen molar-refractivity contribution in [2.75, 3.05) is 6.54 Å². The number of amides is 1. The lowest BCUT2D eigenvalue weighted by molar-refractivity contribution is -0.137. The van der Waals surface area contributed by atoms with E-state index in [2.05, 4.69) is 4.98 Å². The molecule has 0 atom stereocenters. The first-order valence-corrected chi connectivity index (χ1v) is 7.56. The molecule has 23 heavy (non-hydrogen) atoms. The van der Waals surface area contributed by atoms with Crippen molar-refractivity contribution in [1.29, 1.82) is 0 Å². The summed E-state index contributed by atoms with van der Waals surface area (Å²) in [7, 11) is 0. The van der Waals surface area contributed by atoms with Crippen LogP contribution >= 0.6 is 11.3 Å². The molecule has 122 valence electrons. The van der Waals surface area contributed by atoms with Gasteiger partial charge in [-0.15, -0.1) is 11.3 Å². The third kappa shape index (κ3) is 4.56. The van der Waals surface area contributed by atoms with Crippen LogP contribution in [0.1, 0.15) is 26.7 Å². The molecule has 0 spiro atoms. The van der Waals surface area contributed by atoms with Gasteiger partial charge in [0, 0.05) is 13.1 Å². The van der Waals surface area contributed by atoms with Crippen molar-refractivity contribution >= 4 is 23.2 Å². The summed E-state index contributed by atoms with van der Waals surface area (Å²) in [6.45, 7) is 1.70. The van der Waals surface area contributed by atoms with Crippen LogP contribution in [0, 0.1) is 18.6 Å². The second-order valence-corrected chi connectivity index (χ2v) is 6.10. The Morgan fingerprint density at radius 2 is 2.04 bits per heavy atom. The summed E-state index contributed by atoms with van der Waals surface area (Å²) in [5.41, 5.74) is 0.379. The van der Waals surface area contributed by atoms with Crippen molar-refractivity contribution in [3.05, 3.63) is 51.5 Å². The number of nitrogens with zero attached hydrogens (tertiary/aromatic N) is 2. The first kappa shape index (κ1) is 17.0. The van der Waals surface area contributed by atoms with Gasteiger partial charge in [-0.1, -0.05) is 6.07 Å². The van der Waals surface area contributed by atoms with Crippen LogP contribution in [0.25, 0.3) is 0 Å². The van der Waals surface area contributed by atoms with Crippen molar-refractivity contribution in [1.82, 2.24) is 9.88 Å². The zero-order valence-corrected chi connectivity index (χ0v) is 13.1. The van der Waals surface area contributed by atoms with E-state index >= 15 is 0 Å². The zero-order chi connectivity index (χ0) is 17.0. The van der Waals surface area contributed by atoms with Gasteiger partial charge in [-0.25, -0.2) is 13.8 Å². The van der Waals surface area contributed by atoms with Gasteiger partial charge in [0.2, 0.25) is 0 Å². The largest absolute Gasteiger partial charge is 0.481 e. The normalized spacial score (nSPS) is 10.6. The van der Waals surface area contributed by atoms with Gasteiger partial charge in [-0.2, -0.15) is 0 Å². The maximum absolute atomic E-state index is 13.3. The van der Waals surface area contributed by atoms with E-state index in [1.54, 1.807) is 6.92 Å². The van der Waals surface area contributed by atoms with Gasteiger partial charge in [0.1, 0.15) is 4.88 Å². The molecule has 2 aromatic rings. The number of aliphatic carboxylic acids is 1. The molecule has 1 aromatic carbocycles. The van der Waals surface area contributed by atoms with Gasteiger partial charge >= 0.3 is 5.97 Å². The number of benzene rings is 1. The van der Waals surface area contributed by atoms with E-state index in [0.29, 0.717) is 15.4 Å². The van der Waals surface area contributed by atoms with Crippen LogP contribution in [0.2, 0.25) is 0 Å². The molecule has 1 amide bonds. The van der Waals surface area contributed by atoms with Crippen molar-refractivity contribution < 1.29 is 23.5 Å². The molecule has 1 aromatic heterocycles. The number of carboxylic acid groups (broad SMARTS) is 1. The number of carboxylic acids is 1. The predicted octanol–water partition coefficient (Wildman–Crippen LogP) is 2.85. The van der Waals surface area contributed by atoms with Crippen molar-refractivity contribution in [2.45, 2.75) is 19.9 Å². The van der Waals surface area contributed by atoms with E-state index in [9.17, 15) is 18.4 Å². The Morgan fingerprint density at radius 3 is 2.61 bits per heavy atom. The number of hydrogen-bond acceptors (Lipinski definition) is 4. The number of hydrogen-bond donors (Lipinski definition) is 1. The molecule has 0 fully saturated rings. The molecule has 5 nitrogen and oxygen atoms in total. The Hall–Kier alpha value is -2.35. The van der Waals surface area contributed by atoms with Crippen molar-refractivity contribution in [3.63, 3.8) is 0 Å². The summed E-state index contributed by atoms with van der Waals surface area (Å²) in [6, 6.07) is 3.33.